The number of carbonyl (C=O) groups excluding carboxylic acids is 2. The largest absolute Gasteiger partial charge is 0.481 e. The zero-order valence-corrected chi connectivity index (χ0v) is 20.2. The topological polar surface area (TPSA) is 98.7 Å². The Labute approximate surface area is 210 Å². The van der Waals surface area contributed by atoms with E-state index in [-0.39, 0.29) is 24.2 Å². The van der Waals surface area contributed by atoms with Crippen molar-refractivity contribution in [2.24, 2.45) is 5.92 Å². The molecule has 3 aromatic rings. The molecule has 1 unspecified atom stereocenters. The van der Waals surface area contributed by atoms with E-state index in [0.717, 1.165) is 42.1 Å². The molecule has 7 heteroatoms. The molecule has 2 bridgehead atoms. The first-order valence-corrected chi connectivity index (χ1v) is 12.6. The molecule has 3 N–H and O–H groups in total. The van der Waals surface area contributed by atoms with Crippen LogP contribution in [0.5, 0.6) is 0 Å². The molecule has 3 aromatic carbocycles. The highest BCUT2D eigenvalue weighted by atomic mass is 16.4. The summed E-state index contributed by atoms with van der Waals surface area (Å²) >= 11 is 0. The number of piperidine rings is 1. The van der Waals surface area contributed by atoms with Gasteiger partial charge in [-0.05, 0) is 78.8 Å². The minimum atomic E-state index is -0.712. The van der Waals surface area contributed by atoms with E-state index < -0.39 is 5.97 Å². The van der Waals surface area contributed by atoms with E-state index >= 15 is 0 Å². The fraction of sp³-hybridized carbons (Fsp3) is 0.345. The summed E-state index contributed by atoms with van der Waals surface area (Å²) in [6.07, 6.45) is 4.26. The van der Waals surface area contributed by atoms with Crippen LogP contribution in [0.15, 0.2) is 66.7 Å². The Hall–Kier alpha value is -3.87. The first kappa shape index (κ1) is 23.9. The number of hydrogen-bond donors (Lipinski definition) is 3. The lowest BCUT2D eigenvalue weighted by atomic mass is 9.88. The summed E-state index contributed by atoms with van der Waals surface area (Å²) in [5.41, 5.74) is 2.26. The Morgan fingerprint density at radius 2 is 1.36 bits per heavy atom. The summed E-state index contributed by atoms with van der Waals surface area (Å²) in [5.74, 6) is -0.801. The van der Waals surface area contributed by atoms with Crippen molar-refractivity contribution in [3.05, 3.63) is 77.9 Å². The van der Waals surface area contributed by atoms with Crippen LogP contribution in [0.4, 0.5) is 5.69 Å². The second-order valence-corrected chi connectivity index (χ2v) is 9.85. The van der Waals surface area contributed by atoms with Crippen molar-refractivity contribution in [3.8, 4) is 0 Å². The Morgan fingerprint density at radius 1 is 0.778 bits per heavy atom. The highest BCUT2D eigenvalue weighted by Crippen LogP contribution is 2.42. The third kappa shape index (κ3) is 5.20. The molecule has 2 aliphatic rings. The quantitative estimate of drug-likeness (QED) is 0.415. The molecule has 0 aliphatic carbocycles. The van der Waals surface area contributed by atoms with Gasteiger partial charge in [0, 0.05) is 48.4 Å². The van der Waals surface area contributed by atoms with Gasteiger partial charge in [-0.3, -0.25) is 14.4 Å². The van der Waals surface area contributed by atoms with Gasteiger partial charge in [0.05, 0.1) is 0 Å². The average molecular weight is 486 g/mol. The van der Waals surface area contributed by atoms with Gasteiger partial charge in [-0.15, -0.1) is 0 Å². The number of anilines is 1. The first-order valence-electron chi connectivity index (χ1n) is 12.6. The lowest BCUT2D eigenvalue weighted by Crippen LogP contribution is -2.43. The summed E-state index contributed by atoms with van der Waals surface area (Å²) in [6.45, 7) is 0.672. The predicted molar refractivity (Wildman–Crippen MR) is 139 cm³/mol. The van der Waals surface area contributed by atoms with E-state index in [1.807, 2.05) is 60.7 Å². The summed E-state index contributed by atoms with van der Waals surface area (Å²) < 4.78 is 0. The van der Waals surface area contributed by atoms with Crippen molar-refractivity contribution in [1.82, 2.24) is 10.6 Å². The number of carbonyl (C=O) groups is 3. The SMILES string of the molecule is O=C(O)CC1C[C@H]2CC[C@@H](C1)N2c1ccc(C(=O)NCCNC(=O)c2ccc3ccccc3c2)cc1. The van der Waals surface area contributed by atoms with Gasteiger partial charge >= 0.3 is 5.97 Å². The van der Waals surface area contributed by atoms with Crippen LogP contribution in [-0.4, -0.2) is 48.1 Å². The minimum absolute atomic E-state index is 0.166. The first-order chi connectivity index (χ1) is 17.5. The van der Waals surface area contributed by atoms with E-state index in [1.54, 1.807) is 6.07 Å². The van der Waals surface area contributed by atoms with Gasteiger partial charge in [0.15, 0.2) is 0 Å². The lowest BCUT2D eigenvalue weighted by Gasteiger charge is -2.40. The Bertz CT molecular complexity index is 1260. The van der Waals surface area contributed by atoms with Gasteiger partial charge in [0.25, 0.3) is 11.8 Å². The van der Waals surface area contributed by atoms with Crippen LogP contribution in [0, 0.1) is 5.92 Å². The molecule has 2 aliphatic heterocycles. The van der Waals surface area contributed by atoms with Crippen LogP contribution in [0.3, 0.4) is 0 Å². The second-order valence-electron chi connectivity index (χ2n) is 9.85. The number of aliphatic carboxylic acids is 1. The Morgan fingerprint density at radius 3 is 2.00 bits per heavy atom. The van der Waals surface area contributed by atoms with Crippen LogP contribution >= 0.6 is 0 Å². The maximum atomic E-state index is 12.6. The molecule has 0 saturated carbocycles. The molecule has 7 nitrogen and oxygen atoms in total. The standard InChI is InChI=1S/C29H31N3O4/c33-27(34)17-19-15-25-11-12-26(16-19)32(25)24-9-7-21(8-10-24)28(35)30-13-14-31-29(36)23-6-5-20-3-1-2-4-22(20)18-23/h1-10,18-19,25-26H,11-17H2,(H,30,35)(H,31,36)(H,33,34)/t19?,25-,26+. The molecule has 2 amide bonds. The van der Waals surface area contributed by atoms with E-state index in [1.165, 1.54) is 0 Å². The molecular formula is C29H31N3O4. The number of hydrogen-bond acceptors (Lipinski definition) is 4. The summed E-state index contributed by atoms with van der Waals surface area (Å²) in [4.78, 5) is 38.6. The maximum Gasteiger partial charge on any atom is 0.303 e. The molecule has 186 valence electrons. The van der Waals surface area contributed by atoms with Crippen molar-refractivity contribution < 1.29 is 19.5 Å². The van der Waals surface area contributed by atoms with Gasteiger partial charge in [0.1, 0.15) is 0 Å². The molecule has 0 aromatic heterocycles. The molecule has 0 spiro atoms. The van der Waals surface area contributed by atoms with Crippen LogP contribution in [0.1, 0.15) is 52.8 Å². The molecule has 2 heterocycles. The van der Waals surface area contributed by atoms with E-state index in [2.05, 4.69) is 15.5 Å². The third-order valence-corrected chi connectivity index (χ3v) is 7.43. The summed E-state index contributed by atoms with van der Waals surface area (Å²) in [7, 11) is 0. The smallest absolute Gasteiger partial charge is 0.303 e. The second kappa shape index (κ2) is 10.4. The summed E-state index contributed by atoms with van der Waals surface area (Å²) in [6, 6.07) is 21.9. The number of nitrogens with one attached hydrogen (secondary N) is 2. The molecule has 3 atom stereocenters. The van der Waals surface area contributed by atoms with E-state index in [0.29, 0.717) is 36.3 Å². The van der Waals surface area contributed by atoms with E-state index in [9.17, 15) is 14.4 Å². The minimum Gasteiger partial charge on any atom is -0.481 e. The number of nitrogens with zero attached hydrogens (tertiary/aromatic N) is 1. The number of fused-ring (bicyclic) bond motifs is 3. The van der Waals surface area contributed by atoms with Crippen molar-refractivity contribution >= 4 is 34.2 Å². The van der Waals surface area contributed by atoms with Crippen LogP contribution in [-0.2, 0) is 4.79 Å². The van der Waals surface area contributed by atoms with Gasteiger partial charge < -0.3 is 20.6 Å². The fourth-order valence-corrected chi connectivity index (χ4v) is 5.80. The lowest BCUT2D eigenvalue weighted by molar-refractivity contribution is -0.138. The van der Waals surface area contributed by atoms with Gasteiger partial charge in [-0.1, -0.05) is 30.3 Å². The number of carboxylic acid groups (broad SMARTS) is 1. The molecule has 2 saturated heterocycles. The predicted octanol–water partition coefficient (Wildman–Crippen LogP) is 4.22. The summed E-state index contributed by atoms with van der Waals surface area (Å²) in [5, 5.41) is 17.0. The number of carboxylic acids is 1. The number of benzene rings is 3. The Kier molecular flexibility index (Phi) is 6.89. The van der Waals surface area contributed by atoms with E-state index in [4.69, 9.17) is 5.11 Å². The van der Waals surface area contributed by atoms with Crippen molar-refractivity contribution in [1.29, 1.82) is 0 Å². The van der Waals surface area contributed by atoms with Crippen molar-refractivity contribution in [3.63, 3.8) is 0 Å². The highest BCUT2D eigenvalue weighted by molar-refractivity contribution is 5.98. The van der Waals surface area contributed by atoms with Crippen LogP contribution in [0.25, 0.3) is 10.8 Å². The maximum absolute atomic E-state index is 12.6. The average Bonchev–Trinajstić information content (AvgIpc) is 3.15. The van der Waals surface area contributed by atoms with Gasteiger partial charge in [-0.2, -0.15) is 0 Å². The number of amides is 2. The normalized spacial score (nSPS) is 20.8. The molecule has 2 fully saturated rings. The molecular weight excluding hydrogens is 454 g/mol. The fourth-order valence-electron chi connectivity index (χ4n) is 5.80. The van der Waals surface area contributed by atoms with Crippen molar-refractivity contribution in [2.45, 2.75) is 44.2 Å². The zero-order valence-electron chi connectivity index (χ0n) is 20.2. The highest BCUT2D eigenvalue weighted by Gasteiger charge is 2.41. The van der Waals surface area contributed by atoms with Crippen LogP contribution in [0.2, 0.25) is 0 Å². The number of rotatable bonds is 8. The molecule has 0 radical (unpaired) electrons. The zero-order chi connectivity index (χ0) is 25.1. The van der Waals surface area contributed by atoms with Crippen molar-refractivity contribution in [2.75, 3.05) is 18.0 Å². The Balaban J connectivity index is 1.10. The van der Waals surface area contributed by atoms with Gasteiger partial charge in [0.2, 0.25) is 0 Å². The molecule has 36 heavy (non-hydrogen) atoms. The van der Waals surface area contributed by atoms with Gasteiger partial charge in [-0.25, -0.2) is 0 Å². The molecule has 5 rings (SSSR count). The third-order valence-electron chi connectivity index (χ3n) is 7.43. The van der Waals surface area contributed by atoms with Crippen LogP contribution < -0.4 is 15.5 Å². The monoisotopic (exact) mass is 485 g/mol.